The van der Waals surface area contributed by atoms with E-state index in [1.54, 1.807) is 13.0 Å². The molecule has 0 aromatic carbocycles. The lowest BCUT2D eigenvalue weighted by Crippen LogP contribution is -2.18. The third kappa shape index (κ3) is 4.56. The molecule has 1 heterocycles. The molecule has 0 unspecified atom stereocenters. The van der Waals surface area contributed by atoms with Crippen molar-refractivity contribution in [1.82, 2.24) is 9.97 Å². The Balaban J connectivity index is 2.61. The van der Waals surface area contributed by atoms with Gasteiger partial charge in [-0.3, -0.25) is 0 Å². The first kappa shape index (κ1) is 13.7. The highest BCUT2D eigenvalue weighted by Gasteiger charge is 2.07. The number of sulfone groups is 1. The van der Waals surface area contributed by atoms with Crippen LogP contribution in [0.15, 0.2) is 6.07 Å². The van der Waals surface area contributed by atoms with Gasteiger partial charge in [-0.05, 0) is 0 Å². The molecular formula is C10H18N4O2S. The predicted molar refractivity (Wildman–Crippen MR) is 68.6 cm³/mol. The highest BCUT2D eigenvalue weighted by molar-refractivity contribution is 7.91. The number of aromatic nitrogens is 2. The fourth-order valence-electron chi connectivity index (χ4n) is 1.25. The summed E-state index contributed by atoms with van der Waals surface area (Å²) in [5, 5.41) is 2.94. The van der Waals surface area contributed by atoms with E-state index >= 15 is 0 Å². The van der Waals surface area contributed by atoms with E-state index in [-0.39, 0.29) is 11.5 Å². The van der Waals surface area contributed by atoms with Crippen LogP contribution in [0.3, 0.4) is 0 Å². The molecule has 0 aliphatic heterocycles. The molecular weight excluding hydrogens is 240 g/mol. The van der Waals surface area contributed by atoms with Crippen molar-refractivity contribution in [2.45, 2.75) is 20.3 Å². The number of rotatable bonds is 6. The van der Waals surface area contributed by atoms with E-state index in [4.69, 9.17) is 5.73 Å². The average molecular weight is 258 g/mol. The van der Waals surface area contributed by atoms with E-state index in [2.05, 4.69) is 15.3 Å². The van der Waals surface area contributed by atoms with Crippen LogP contribution in [0.2, 0.25) is 0 Å². The van der Waals surface area contributed by atoms with E-state index in [1.165, 1.54) is 0 Å². The molecule has 0 saturated carbocycles. The fraction of sp³-hybridized carbons (Fsp3) is 0.600. The molecule has 6 nitrogen and oxygen atoms in total. The average Bonchev–Trinajstić information content (AvgIpc) is 2.28. The topological polar surface area (TPSA) is 98.0 Å². The lowest BCUT2D eigenvalue weighted by atomic mass is 10.4. The van der Waals surface area contributed by atoms with Gasteiger partial charge in [0, 0.05) is 24.8 Å². The normalized spacial score (nSPS) is 11.4. The lowest BCUT2D eigenvalue weighted by Gasteiger charge is -2.07. The highest BCUT2D eigenvalue weighted by Crippen LogP contribution is 2.08. The van der Waals surface area contributed by atoms with Crippen LogP contribution in [0.5, 0.6) is 0 Å². The van der Waals surface area contributed by atoms with Gasteiger partial charge in [-0.1, -0.05) is 13.8 Å². The largest absolute Gasteiger partial charge is 0.384 e. The number of nitrogens with two attached hydrogens (primary N) is 1. The highest BCUT2D eigenvalue weighted by atomic mass is 32.2. The maximum Gasteiger partial charge on any atom is 0.151 e. The molecule has 0 fully saturated rings. The van der Waals surface area contributed by atoms with Crippen LogP contribution in [-0.2, 0) is 16.3 Å². The van der Waals surface area contributed by atoms with E-state index < -0.39 is 9.84 Å². The van der Waals surface area contributed by atoms with Gasteiger partial charge in [0.1, 0.15) is 17.5 Å². The van der Waals surface area contributed by atoms with E-state index in [0.717, 1.165) is 0 Å². The molecule has 0 aliphatic rings. The van der Waals surface area contributed by atoms with Crippen LogP contribution >= 0.6 is 0 Å². The van der Waals surface area contributed by atoms with Crippen molar-refractivity contribution in [3.05, 3.63) is 11.9 Å². The number of aryl methyl sites for hydroxylation is 1. The first-order valence-electron chi connectivity index (χ1n) is 5.54. The molecule has 96 valence electrons. The van der Waals surface area contributed by atoms with Crippen LogP contribution in [-0.4, -0.2) is 36.4 Å². The van der Waals surface area contributed by atoms with Gasteiger partial charge in [0.25, 0.3) is 0 Å². The smallest absolute Gasteiger partial charge is 0.151 e. The van der Waals surface area contributed by atoms with Gasteiger partial charge in [-0.15, -0.1) is 0 Å². The molecule has 0 atom stereocenters. The zero-order valence-corrected chi connectivity index (χ0v) is 10.9. The SMILES string of the molecule is CCc1nc(N)cc(NCCS(=O)(=O)CC)n1. The summed E-state index contributed by atoms with van der Waals surface area (Å²) in [6.45, 7) is 3.89. The van der Waals surface area contributed by atoms with Crippen molar-refractivity contribution in [2.24, 2.45) is 0 Å². The summed E-state index contributed by atoms with van der Waals surface area (Å²) < 4.78 is 22.6. The van der Waals surface area contributed by atoms with Crippen molar-refractivity contribution in [2.75, 3.05) is 29.1 Å². The Bertz CT molecular complexity index is 473. The molecule has 1 rings (SSSR count). The second kappa shape index (κ2) is 5.81. The minimum Gasteiger partial charge on any atom is -0.384 e. The predicted octanol–water partition coefficient (Wildman–Crippen LogP) is 0.468. The molecule has 0 aliphatic carbocycles. The van der Waals surface area contributed by atoms with Crippen LogP contribution < -0.4 is 11.1 Å². The Labute approximate surface area is 102 Å². The van der Waals surface area contributed by atoms with Gasteiger partial charge < -0.3 is 11.1 Å². The first-order chi connectivity index (χ1) is 7.96. The third-order valence-electron chi connectivity index (χ3n) is 2.27. The minimum absolute atomic E-state index is 0.0921. The van der Waals surface area contributed by atoms with Gasteiger partial charge in [0.2, 0.25) is 0 Å². The van der Waals surface area contributed by atoms with Crippen molar-refractivity contribution in [3.8, 4) is 0 Å². The van der Waals surface area contributed by atoms with Crippen LogP contribution in [0.4, 0.5) is 11.6 Å². The molecule has 7 heteroatoms. The Morgan fingerprint density at radius 3 is 2.65 bits per heavy atom. The zero-order valence-electron chi connectivity index (χ0n) is 10.1. The molecule has 0 radical (unpaired) electrons. The van der Waals surface area contributed by atoms with Gasteiger partial charge >= 0.3 is 0 Å². The number of hydrogen-bond acceptors (Lipinski definition) is 6. The monoisotopic (exact) mass is 258 g/mol. The Morgan fingerprint density at radius 2 is 2.06 bits per heavy atom. The lowest BCUT2D eigenvalue weighted by molar-refractivity contribution is 0.597. The molecule has 17 heavy (non-hydrogen) atoms. The summed E-state index contributed by atoms with van der Waals surface area (Å²) in [5.41, 5.74) is 5.61. The molecule has 1 aromatic rings. The van der Waals surface area contributed by atoms with Crippen molar-refractivity contribution < 1.29 is 8.42 Å². The molecule has 0 saturated heterocycles. The van der Waals surface area contributed by atoms with Crippen LogP contribution in [0.25, 0.3) is 0 Å². The zero-order chi connectivity index (χ0) is 12.9. The number of nitrogen functional groups attached to an aromatic ring is 1. The van der Waals surface area contributed by atoms with Crippen molar-refractivity contribution >= 4 is 21.5 Å². The van der Waals surface area contributed by atoms with Gasteiger partial charge in [0.15, 0.2) is 9.84 Å². The Hall–Kier alpha value is -1.37. The molecule has 0 amide bonds. The second-order valence-electron chi connectivity index (χ2n) is 3.61. The second-order valence-corrected chi connectivity index (χ2v) is 6.08. The van der Waals surface area contributed by atoms with E-state index in [1.807, 2.05) is 6.92 Å². The van der Waals surface area contributed by atoms with Crippen LogP contribution in [0.1, 0.15) is 19.7 Å². The number of anilines is 2. The summed E-state index contributed by atoms with van der Waals surface area (Å²) >= 11 is 0. The molecule has 3 N–H and O–H groups in total. The third-order valence-corrected chi connectivity index (χ3v) is 3.97. The first-order valence-corrected chi connectivity index (χ1v) is 7.36. The van der Waals surface area contributed by atoms with Gasteiger partial charge in [-0.2, -0.15) is 0 Å². The fourth-order valence-corrected chi connectivity index (χ4v) is 1.95. The Kier molecular flexibility index (Phi) is 4.68. The maximum absolute atomic E-state index is 11.3. The van der Waals surface area contributed by atoms with Gasteiger partial charge in [-0.25, -0.2) is 18.4 Å². The summed E-state index contributed by atoms with van der Waals surface area (Å²) in [4.78, 5) is 8.23. The van der Waals surface area contributed by atoms with Gasteiger partial charge in [0.05, 0.1) is 5.75 Å². The van der Waals surface area contributed by atoms with Crippen molar-refractivity contribution in [1.29, 1.82) is 0 Å². The number of nitrogens with zero attached hydrogens (tertiary/aromatic N) is 2. The van der Waals surface area contributed by atoms with Crippen LogP contribution in [0, 0.1) is 0 Å². The molecule has 0 spiro atoms. The van der Waals surface area contributed by atoms with E-state index in [0.29, 0.717) is 30.4 Å². The standard InChI is InChI=1S/C10H18N4O2S/c1-3-9-13-8(11)7-10(14-9)12-5-6-17(15,16)4-2/h7H,3-6H2,1-2H3,(H3,11,12,13,14). The summed E-state index contributed by atoms with van der Waals surface area (Å²) in [6.07, 6.45) is 0.687. The minimum atomic E-state index is -2.95. The molecule has 0 bridgehead atoms. The van der Waals surface area contributed by atoms with Crippen molar-refractivity contribution in [3.63, 3.8) is 0 Å². The summed E-state index contributed by atoms with van der Waals surface area (Å²) in [5.74, 6) is 1.85. The number of nitrogens with one attached hydrogen (secondary N) is 1. The van der Waals surface area contributed by atoms with E-state index in [9.17, 15) is 8.42 Å². The summed E-state index contributed by atoms with van der Waals surface area (Å²) in [7, 11) is -2.95. The number of hydrogen-bond donors (Lipinski definition) is 2. The maximum atomic E-state index is 11.3. The summed E-state index contributed by atoms with van der Waals surface area (Å²) in [6, 6.07) is 1.59. The quantitative estimate of drug-likeness (QED) is 0.769. The molecule has 1 aromatic heterocycles. The Morgan fingerprint density at radius 1 is 1.35 bits per heavy atom.